The van der Waals surface area contributed by atoms with E-state index in [0.717, 1.165) is 11.3 Å². The van der Waals surface area contributed by atoms with E-state index in [0.29, 0.717) is 49.1 Å². The molecule has 3 aromatic carbocycles. The third kappa shape index (κ3) is 7.53. The first kappa shape index (κ1) is 21.9. The van der Waals surface area contributed by atoms with Gasteiger partial charge in [-0.05, 0) is 29.8 Å². The van der Waals surface area contributed by atoms with E-state index >= 15 is 0 Å². The molecule has 0 radical (unpaired) electrons. The van der Waals surface area contributed by atoms with Crippen LogP contribution in [-0.2, 0) is 4.74 Å². The Morgan fingerprint density at radius 1 is 0.742 bits per heavy atom. The van der Waals surface area contributed by atoms with Gasteiger partial charge < -0.3 is 25.7 Å². The van der Waals surface area contributed by atoms with Gasteiger partial charge in [0.05, 0.1) is 13.2 Å². The monoisotopic (exact) mass is 418 g/mol. The number of nitrogens with two attached hydrogens (primary N) is 2. The standard InChI is InChI=1S/C25H26N2O4/c26-21-16-22(27)18-24(17-21)31-15-13-29-12-14-30-23-9-6-19(7-10-23)8-11-25(28)20-4-2-1-3-5-20/h1-11,16-18H,12-15,26-27H2. The lowest BCUT2D eigenvalue weighted by atomic mass is 10.1. The summed E-state index contributed by atoms with van der Waals surface area (Å²) in [6, 6.07) is 21.8. The van der Waals surface area contributed by atoms with Crippen LogP contribution in [0, 0.1) is 0 Å². The third-order valence-electron chi connectivity index (χ3n) is 4.31. The number of hydrogen-bond donors (Lipinski definition) is 2. The van der Waals surface area contributed by atoms with Crippen molar-refractivity contribution >= 4 is 23.2 Å². The summed E-state index contributed by atoms with van der Waals surface area (Å²) >= 11 is 0. The van der Waals surface area contributed by atoms with E-state index in [1.165, 1.54) is 0 Å². The number of anilines is 2. The zero-order valence-electron chi connectivity index (χ0n) is 17.2. The number of carbonyl (C=O) groups is 1. The minimum absolute atomic E-state index is 0.0266. The number of hydrogen-bond acceptors (Lipinski definition) is 6. The zero-order valence-corrected chi connectivity index (χ0v) is 17.2. The number of nitrogen functional groups attached to an aromatic ring is 2. The molecule has 3 aromatic rings. The Morgan fingerprint density at radius 2 is 1.35 bits per heavy atom. The fourth-order valence-electron chi connectivity index (χ4n) is 2.81. The maximum Gasteiger partial charge on any atom is 0.185 e. The highest BCUT2D eigenvalue weighted by Gasteiger charge is 2.01. The van der Waals surface area contributed by atoms with E-state index < -0.39 is 0 Å². The molecule has 6 heteroatoms. The average molecular weight is 418 g/mol. The van der Waals surface area contributed by atoms with Crippen molar-refractivity contribution in [1.29, 1.82) is 0 Å². The first-order valence-corrected chi connectivity index (χ1v) is 9.97. The SMILES string of the molecule is Nc1cc(N)cc(OCCOCCOc2ccc(C=CC(=O)c3ccccc3)cc2)c1. The molecule has 0 aliphatic carbocycles. The van der Waals surface area contributed by atoms with Crippen LogP contribution in [0.25, 0.3) is 6.08 Å². The first-order chi connectivity index (χ1) is 15.1. The van der Waals surface area contributed by atoms with Crippen molar-refractivity contribution in [3.63, 3.8) is 0 Å². The molecule has 4 N–H and O–H groups in total. The number of allylic oxidation sites excluding steroid dienone is 1. The maximum atomic E-state index is 12.1. The molecule has 0 spiro atoms. The lowest BCUT2D eigenvalue weighted by molar-refractivity contribution is 0.0764. The summed E-state index contributed by atoms with van der Waals surface area (Å²) in [5, 5.41) is 0. The molecule has 160 valence electrons. The van der Waals surface area contributed by atoms with Crippen LogP contribution in [0.5, 0.6) is 11.5 Å². The molecule has 0 aliphatic rings. The molecule has 0 bridgehead atoms. The Hall–Kier alpha value is -3.77. The van der Waals surface area contributed by atoms with Crippen LogP contribution in [0.15, 0.2) is 78.9 Å². The second-order valence-corrected chi connectivity index (χ2v) is 6.78. The van der Waals surface area contributed by atoms with Gasteiger partial charge >= 0.3 is 0 Å². The van der Waals surface area contributed by atoms with E-state index in [2.05, 4.69) is 0 Å². The first-order valence-electron chi connectivity index (χ1n) is 9.97. The molecule has 0 aromatic heterocycles. The van der Waals surface area contributed by atoms with Crippen LogP contribution in [0.4, 0.5) is 11.4 Å². The average Bonchev–Trinajstić information content (AvgIpc) is 2.77. The van der Waals surface area contributed by atoms with Gasteiger partial charge in [-0.3, -0.25) is 4.79 Å². The summed E-state index contributed by atoms with van der Waals surface area (Å²) < 4.78 is 16.7. The summed E-state index contributed by atoms with van der Waals surface area (Å²) in [7, 11) is 0. The van der Waals surface area contributed by atoms with Gasteiger partial charge in [0.2, 0.25) is 0 Å². The third-order valence-corrected chi connectivity index (χ3v) is 4.31. The van der Waals surface area contributed by atoms with Crippen LogP contribution in [-0.4, -0.2) is 32.2 Å². The van der Waals surface area contributed by atoms with Crippen molar-refractivity contribution < 1.29 is 19.0 Å². The molecule has 0 unspecified atom stereocenters. The molecule has 0 heterocycles. The highest BCUT2D eigenvalue weighted by atomic mass is 16.5. The number of ketones is 1. The highest BCUT2D eigenvalue weighted by Crippen LogP contribution is 2.20. The zero-order chi connectivity index (χ0) is 21.9. The van der Waals surface area contributed by atoms with Gasteiger partial charge in [0.25, 0.3) is 0 Å². The molecule has 0 fully saturated rings. The van der Waals surface area contributed by atoms with Crippen molar-refractivity contribution in [3.8, 4) is 11.5 Å². The molecule has 0 saturated carbocycles. The minimum atomic E-state index is -0.0266. The van der Waals surface area contributed by atoms with Crippen LogP contribution < -0.4 is 20.9 Å². The van der Waals surface area contributed by atoms with Gasteiger partial charge in [-0.1, -0.05) is 48.5 Å². The minimum Gasteiger partial charge on any atom is -0.491 e. The smallest absolute Gasteiger partial charge is 0.185 e. The Labute approximate surface area is 182 Å². The highest BCUT2D eigenvalue weighted by molar-refractivity contribution is 6.06. The van der Waals surface area contributed by atoms with Crippen LogP contribution >= 0.6 is 0 Å². The Bertz CT molecular complexity index is 982. The van der Waals surface area contributed by atoms with E-state index in [1.807, 2.05) is 42.5 Å². The summed E-state index contributed by atoms with van der Waals surface area (Å²) in [6.45, 7) is 1.69. The quantitative estimate of drug-likeness (QED) is 0.209. The molecule has 6 nitrogen and oxygen atoms in total. The van der Waals surface area contributed by atoms with Crippen molar-refractivity contribution in [3.05, 3.63) is 90.0 Å². The molecule has 3 rings (SSSR count). The van der Waals surface area contributed by atoms with E-state index in [9.17, 15) is 4.79 Å². The van der Waals surface area contributed by atoms with Crippen molar-refractivity contribution in [2.45, 2.75) is 0 Å². The van der Waals surface area contributed by atoms with Gasteiger partial charge in [0.15, 0.2) is 5.78 Å². The van der Waals surface area contributed by atoms with Gasteiger partial charge in [0.1, 0.15) is 24.7 Å². The molecule has 0 aliphatic heterocycles. The second kappa shape index (κ2) is 11.4. The summed E-state index contributed by atoms with van der Waals surface area (Å²) in [5.74, 6) is 1.33. The fourth-order valence-corrected chi connectivity index (χ4v) is 2.81. The van der Waals surface area contributed by atoms with Crippen LogP contribution in [0.2, 0.25) is 0 Å². The number of ether oxygens (including phenoxy) is 3. The summed E-state index contributed by atoms with van der Waals surface area (Å²) in [6.07, 6.45) is 3.36. The Balaban J connectivity index is 1.32. The molecule has 0 saturated heterocycles. The number of carbonyl (C=O) groups excluding carboxylic acids is 1. The summed E-state index contributed by atoms with van der Waals surface area (Å²) in [5.41, 5.74) is 14.2. The molecule has 31 heavy (non-hydrogen) atoms. The van der Waals surface area contributed by atoms with Crippen molar-refractivity contribution in [2.24, 2.45) is 0 Å². The van der Waals surface area contributed by atoms with E-state index in [4.69, 9.17) is 25.7 Å². The molecule has 0 amide bonds. The number of rotatable bonds is 11. The lowest BCUT2D eigenvalue weighted by Gasteiger charge is -2.09. The Kier molecular flexibility index (Phi) is 8.08. The van der Waals surface area contributed by atoms with Crippen molar-refractivity contribution in [1.82, 2.24) is 0 Å². The maximum absolute atomic E-state index is 12.1. The summed E-state index contributed by atoms with van der Waals surface area (Å²) in [4.78, 5) is 12.1. The van der Waals surface area contributed by atoms with Gasteiger partial charge in [0, 0.05) is 29.1 Å². The van der Waals surface area contributed by atoms with Crippen LogP contribution in [0.1, 0.15) is 15.9 Å². The molecular formula is C25H26N2O4. The van der Waals surface area contributed by atoms with E-state index in [1.54, 1.807) is 42.5 Å². The largest absolute Gasteiger partial charge is 0.491 e. The predicted octanol–water partition coefficient (Wildman–Crippen LogP) is 4.22. The van der Waals surface area contributed by atoms with Crippen molar-refractivity contribution in [2.75, 3.05) is 37.9 Å². The molecule has 0 atom stereocenters. The van der Waals surface area contributed by atoms with E-state index in [-0.39, 0.29) is 5.78 Å². The lowest BCUT2D eigenvalue weighted by Crippen LogP contribution is -2.12. The van der Waals surface area contributed by atoms with Gasteiger partial charge in [-0.25, -0.2) is 0 Å². The number of benzene rings is 3. The molecular weight excluding hydrogens is 392 g/mol. The predicted molar refractivity (Wildman–Crippen MR) is 123 cm³/mol. The van der Waals surface area contributed by atoms with Gasteiger partial charge in [-0.2, -0.15) is 0 Å². The normalized spacial score (nSPS) is 10.8. The fraction of sp³-hybridized carbons (Fsp3) is 0.160. The Morgan fingerprint density at radius 3 is 2.00 bits per heavy atom. The topological polar surface area (TPSA) is 96.8 Å². The van der Waals surface area contributed by atoms with Crippen LogP contribution in [0.3, 0.4) is 0 Å². The second-order valence-electron chi connectivity index (χ2n) is 6.78. The van der Waals surface area contributed by atoms with Gasteiger partial charge in [-0.15, -0.1) is 0 Å².